The molecule has 1 N–H and O–H groups in total. The first-order chi connectivity index (χ1) is 6.81. The standard InChI is InChI=1S/C11H7FN2/c1-2-8-7-13-14-11(8)9-3-5-10(12)6-4-9/h1,3-7H,(H,13,14). The second kappa shape index (κ2) is 3.35. The molecule has 0 unspecified atom stereocenters. The molecule has 0 spiro atoms. The van der Waals surface area contributed by atoms with Gasteiger partial charge in [-0.1, -0.05) is 5.92 Å². The van der Waals surface area contributed by atoms with Crippen LogP contribution in [-0.2, 0) is 0 Å². The van der Waals surface area contributed by atoms with Crippen LogP contribution in [0.15, 0.2) is 30.5 Å². The Bertz CT molecular complexity index is 477. The summed E-state index contributed by atoms with van der Waals surface area (Å²) in [6.07, 6.45) is 6.85. The van der Waals surface area contributed by atoms with Gasteiger partial charge in [-0.2, -0.15) is 5.10 Å². The van der Waals surface area contributed by atoms with E-state index in [0.29, 0.717) is 5.56 Å². The number of nitrogens with zero attached hydrogens (tertiary/aromatic N) is 1. The number of hydrogen-bond acceptors (Lipinski definition) is 1. The summed E-state index contributed by atoms with van der Waals surface area (Å²) in [6.45, 7) is 0. The molecule has 2 rings (SSSR count). The van der Waals surface area contributed by atoms with Crippen LogP contribution in [0.2, 0.25) is 0 Å². The first-order valence-electron chi connectivity index (χ1n) is 4.07. The largest absolute Gasteiger partial charge is 0.277 e. The smallest absolute Gasteiger partial charge is 0.123 e. The highest BCUT2D eigenvalue weighted by Gasteiger charge is 2.04. The molecule has 0 aliphatic heterocycles. The highest BCUT2D eigenvalue weighted by atomic mass is 19.1. The second-order valence-electron chi connectivity index (χ2n) is 2.81. The lowest BCUT2D eigenvalue weighted by Gasteiger charge is -1.97. The number of H-pyrrole nitrogens is 1. The quantitative estimate of drug-likeness (QED) is 0.679. The number of terminal acetylenes is 1. The summed E-state index contributed by atoms with van der Waals surface area (Å²) in [7, 11) is 0. The number of aromatic amines is 1. The van der Waals surface area contributed by atoms with Crippen LogP contribution < -0.4 is 0 Å². The predicted octanol–water partition coefficient (Wildman–Crippen LogP) is 2.20. The third-order valence-electron chi connectivity index (χ3n) is 1.93. The highest BCUT2D eigenvalue weighted by molar-refractivity contribution is 5.66. The lowest BCUT2D eigenvalue weighted by atomic mass is 10.1. The summed E-state index contributed by atoms with van der Waals surface area (Å²) in [6, 6.07) is 6.08. The van der Waals surface area contributed by atoms with E-state index in [2.05, 4.69) is 16.1 Å². The molecule has 1 heterocycles. The number of aromatic nitrogens is 2. The summed E-state index contributed by atoms with van der Waals surface area (Å²) >= 11 is 0. The van der Waals surface area contributed by atoms with Crippen LogP contribution in [0.25, 0.3) is 11.3 Å². The molecule has 2 aromatic rings. The zero-order valence-electron chi connectivity index (χ0n) is 7.29. The Balaban J connectivity index is 2.50. The fourth-order valence-corrected chi connectivity index (χ4v) is 1.23. The van der Waals surface area contributed by atoms with Crippen LogP contribution in [0.1, 0.15) is 5.56 Å². The number of hydrogen-bond donors (Lipinski definition) is 1. The van der Waals surface area contributed by atoms with Gasteiger partial charge in [0.15, 0.2) is 0 Å². The normalized spacial score (nSPS) is 9.71. The maximum absolute atomic E-state index is 12.6. The van der Waals surface area contributed by atoms with Crippen molar-refractivity contribution in [1.82, 2.24) is 10.2 Å². The van der Waals surface area contributed by atoms with Crippen molar-refractivity contribution in [1.29, 1.82) is 0 Å². The van der Waals surface area contributed by atoms with Gasteiger partial charge in [0.1, 0.15) is 5.82 Å². The Labute approximate surface area is 80.8 Å². The van der Waals surface area contributed by atoms with Gasteiger partial charge in [-0.25, -0.2) is 4.39 Å². The van der Waals surface area contributed by atoms with Gasteiger partial charge in [-0.05, 0) is 24.3 Å². The van der Waals surface area contributed by atoms with E-state index in [1.807, 2.05) is 0 Å². The number of nitrogens with one attached hydrogen (secondary N) is 1. The molecule has 14 heavy (non-hydrogen) atoms. The Morgan fingerprint density at radius 2 is 2.00 bits per heavy atom. The fourth-order valence-electron chi connectivity index (χ4n) is 1.23. The highest BCUT2D eigenvalue weighted by Crippen LogP contribution is 2.20. The number of benzene rings is 1. The molecule has 3 heteroatoms. The van der Waals surface area contributed by atoms with Gasteiger partial charge in [0, 0.05) is 5.56 Å². The van der Waals surface area contributed by atoms with E-state index in [1.165, 1.54) is 12.1 Å². The molecule has 0 amide bonds. The molecule has 0 radical (unpaired) electrons. The molecule has 0 aliphatic rings. The predicted molar refractivity (Wildman–Crippen MR) is 51.9 cm³/mol. The minimum Gasteiger partial charge on any atom is -0.277 e. The molecule has 0 saturated carbocycles. The summed E-state index contributed by atoms with van der Waals surface area (Å²) in [5.41, 5.74) is 2.25. The maximum Gasteiger partial charge on any atom is 0.123 e. The van der Waals surface area contributed by atoms with Crippen molar-refractivity contribution in [2.24, 2.45) is 0 Å². The molecule has 0 atom stereocenters. The van der Waals surface area contributed by atoms with E-state index in [9.17, 15) is 4.39 Å². The molecular formula is C11H7FN2. The van der Waals surface area contributed by atoms with Crippen molar-refractivity contribution in [3.8, 4) is 23.6 Å². The third-order valence-corrected chi connectivity index (χ3v) is 1.93. The van der Waals surface area contributed by atoms with E-state index in [4.69, 9.17) is 6.42 Å². The minimum atomic E-state index is -0.268. The van der Waals surface area contributed by atoms with Gasteiger partial charge in [-0.3, -0.25) is 5.10 Å². The van der Waals surface area contributed by atoms with Gasteiger partial charge in [0.25, 0.3) is 0 Å². The van der Waals surface area contributed by atoms with Crippen molar-refractivity contribution in [2.75, 3.05) is 0 Å². The van der Waals surface area contributed by atoms with E-state index in [0.717, 1.165) is 11.3 Å². The fraction of sp³-hybridized carbons (Fsp3) is 0. The molecule has 0 aliphatic carbocycles. The summed E-state index contributed by atoms with van der Waals surface area (Å²) in [5.74, 6) is 2.23. The van der Waals surface area contributed by atoms with E-state index >= 15 is 0 Å². The molecule has 0 saturated heterocycles. The van der Waals surface area contributed by atoms with Crippen LogP contribution in [0.5, 0.6) is 0 Å². The Morgan fingerprint density at radius 3 is 2.64 bits per heavy atom. The summed E-state index contributed by atoms with van der Waals surface area (Å²) < 4.78 is 12.6. The van der Waals surface area contributed by atoms with Gasteiger partial charge < -0.3 is 0 Å². The molecule has 1 aromatic heterocycles. The number of halogens is 1. The van der Waals surface area contributed by atoms with Gasteiger partial charge in [0.05, 0.1) is 17.5 Å². The van der Waals surface area contributed by atoms with Crippen molar-refractivity contribution in [2.45, 2.75) is 0 Å². The maximum atomic E-state index is 12.6. The molecule has 68 valence electrons. The van der Waals surface area contributed by atoms with Crippen LogP contribution >= 0.6 is 0 Å². The summed E-state index contributed by atoms with van der Waals surface area (Å²) in [5, 5.41) is 6.61. The lowest BCUT2D eigenvalue weighted by Crippen LogP contribution is -1.82. The van der Waals surface area contributed by atoms with Gasteiger partial charge in [0.2, 0.25) is 0 Å². The summed E-state index contributed by atoms with van der Waals surface area (Å²) in [4.78, 5) is 0. The van der Waals surface area contributed by atoms with E-state index in [-0.39, 0.29) is 5.82 Å². The van der Waals surface area contributed by atoms with Crippen LogP contribution in [0, 0.1) is 18.2 Å². The first-order valence-corrected chi connectivity index (χ1v) is 4.07. The topological polar surface area (TPSA) is 28.7 Å². The number of rotatable bonds is 1. The zero-order chi connectivity index (χ0) is 9.97. The molecule has 0 fully saturated rings. The third kappa shape index (κ3) is 1.38. The average molecular weight is 186 g/mol. The Morgan fingerprint density at radius 1 is 1.29 bits per heavy atom. The lowest BCUT2D eigenvalue weighted by molar-refractivity contribution is 0.628. The minimum absolute atomic E-state index is 0.268. The molecular weight excluding hydrogens is 179 g/mol. The monoisotopic (exact) mass is 186 g/mol. The first kappa shape index (κ1) is 8.52. The second-order valence-corrected chi connectivity index (χ2v) is 2.81. The van der Waals surface area contributed by atoms with Gasteiger partial charge >= 0.3 is 0 Å². The molecule has 0 bridgehead atoms. The van der Waals surface area contributed by atoms with Crippen molar-refractivity contribution in [3.63, 3.8) is 0 Å². The van der Waals surface area contributed by atoms with Crippen molar-refractivity contribution < 1.29 is 4.39 Å². The SMILES string of the molecule is C#Cc1cn[nH]c1-c1ccc(F)cc1. The Hall–Kier alpha value is -2.08. The average Bonchev–Trinajstić information content (AvgIpc) is 2.67. The Kier molecular flexibility index (Phi) is 2.04. The van der Waals surface area contributed by atoms with Crippen LogP contribution in [0.3, 0.4) is 0 Å². The van der Waals surface area contributed by atoms with Crippen LogP contribution in [0.4, 0.5) is 4.39 Å². The van der Waals surface area contributed by atoms with Crippen molar-refractivity contribution >= 4 is 0 Å². The van der Waals surface area contributed by atoms with Gasteiger partial charge in [-0.15, -0.1) is 6.42 Å². The van der Waals surface area contributed by atoms with Crippen molar-refractivity contribution in [3.05, 3.63) is 41.8 Å². The van der Waals surface area contributed by atoms with E-state index < -0.39 is 0 Å². The zero-order valence-corrected chi connectivity index (χ0v) is 7.29. The molecule has 1 aromatic carbocycles. The molecule has 2 nitrogen and oxygen atoms in total. The van der Waals surface area contributed by atoms with Crippen LogP contribution in [-0.4, -0.2) is 10.2 Å². The van der Waals surface area contributed by atoms with E-state index in [1.54, 1.807) is 18.3 Å².